The van der Waals surface area contributed by atoms with Gasteiger partial charge in [0.15, 0.2) is 0 Å². The molecule has 1 saturated carbocycles. The van der Waals surface area contributed by atoms with Gasteiger partial charge in [0.1, 0.15) is 5.54 Å². The first-order chi connectivity index (χ1) is 14.1. The van der Waals surface area contributed by atoms with E-state index in [2.05, 4.69) is 47.5 Å². The number of piperazine rings is 1. The third-order valence-corrected chi connectivity index (χ3v) is 6.20. The fourth-order valence-corrected chi connectivity index (χ4v) is 4.57. The van der Waals surface area contributed by atoms with Crippen molar-refractivity contribution in [2.45, 2.75) is 38.1 Å². The van der Waals surface area contributed by atoms with E-state index in [1.807, 2.05) is 17.0 Å². The SMILES string of the molecule is Cc1cccc(N2CCN(C(=O)C3(Nc4ccc(C#N)cc4)CCCC3)CC2)c1. The van der Waals surface area contributed by atoms with Gasteiger partial charge in [-0.25, -0.2) is 0 Å². The summed E-state index contributed by atoms with van der Waals surface area (Å²) in [5.74, 6) is 0.225. The summed E-state index contributed by atoms with van der Waals surface area (Å²) in [5.41, 5.74) is 3.54. The number of hydrogen-bond donors (Lipinski definition) is 1. The number of carbonyl (C=O) groups is 1. The fraction of sp³-hybridized carbons (Fsp3) is 0.417. The third-order valence-electron chi connectivity index (χ3n) is 6.20. The normalized spacial score (nSPS) is 18.3. The molecule has 2 aromatic carbocycles. The predicted octanol–water partition coefficient (Wildman–Crippen LogP) is 3.94. The van der Waals surface area contributed by atoms with Crippen LogP contribution in [0.15, 0.2) is 48.5 Å². The van der Waals surface area contributed by atoms with Crippen LogP contribution in [0.4, 0.5) is 11.4 Å². The summed E-state index contributed by atoms with van der Waals surface area (Å²) in [6, 6.07) is 18.1. The van der Waals surface area contributed by atoms with Gasteiger partial charge in [0, 0.05) is 37.6 Å². The summed E-state index contributed by atoms with van der Waals surface area (Å²) in [6.07, 6.45) is 3.87. The number of nitrogens with zero attached hydrogens (tertiary/aromatic N) is 3. The Balaban J connectivity index is 1.44. The van der Waals surface area contributed by atoms with Crippen LogP contribution in [0.2, 0.25) is 0 Å². The molecule has 2 aromatic rings. The van der Waals surface area contributed by atoms with Gasteiger partial charge >= 0.3 is 0 Å². The molecular formula is C24H28N4O. The molecule has 2 fully saturated rings. The summed E-state index contributed by atoms with van der Waals surface area (Å²) in [6.45, 7) is 5.35. The minimum Gasteiger partial charge on any atom is -0.371 e. The summed E-state index contributed by atoms with van der Waals surface area (Å²) in [5, 5.41) is 12.5. The van der Waals surface area contributed by atoms with E-state index >= 15 is 0 Å². The molecule has 5 nitrogen and oxygen atoms in total. The smallest absolute Gasteiger partial charge is 0.248 e. The molecule has 29 heavy (non-hydrogen) atoms. The Hall–Kier alpha value is -3.00. The van der Waals surface area contributed by atoms with Gasteiger partial charge in [0.2, 0.25) is 5.91 Å². The topological polar surface area (TPSA) is 59.4 Å². The zero-order chi connectivity index (χ0) is 20.3. The van der Waals surface area contributed by atoms with Crippen LogP contribution in [0, 0.1) is 18.3 Å². The Morgan fingerprint density at radius 1 is 1.03 bits per heavy atom. The van der Waals surface area contributed by atoms with Gasteiger partial charge < -0.3 is 15.1 Å². The lowest BCUT2D eigenvalue weighted by molar-refractivity contribution is -0.136. The summed E-state index contributed by atoms with van der Waals surface area (Å²) in [4.78, 5) is 17.9. The van der Waals surface area contributed by atoms with Gasteiger partial charge in [-0.1, -0.05) is 25.0 Å². The van der Waals surface area contributed by atoms with Crippen LogP contribution < -0.4 is 10.2 Å². The summed E-state index contributed by atoms with van der Waals surface area (Å²) in [7, 11) is 0. The van der Waals surface area contributed by atoms with E-state index in [-0.39, 0.29) is 5.91 Å². The number of rotatable bonds is 4. The molecule has 0 radical (unpaired) electrons. The van der Waals surface area contributed by atoms with Crippen molar-refractivity contribution in [1.29, 1.82) is 5.26 Å². The van der Waals surface area contributed by atoms with Crippen LogP contribution >= 0.6 is 0 Å². The van der Waals surface area contributed by atoms with E-state index in [1.165, 1.54) is 11.3 Å². The van der Waals surface area contributed by atoms with Crippen molar-refractivity contribution in [3.8, 4) is 6.07 Å². The Labute approximate surface area is 172 Å². The Bertz CT molecular complexity index is 901. The van der Waals surface area contributed by atoms with Gasteiger partial charge in [-0.2, -0.15) is 5.26 Å². The number of nitriles is 1. The standard InChI is InChI=1S/C24H28N4O/c1-19-5-4-6-22(17-19)27-13-15-28(16-14-27)23(29)24(11-2-3-12-24)26-21-9-7-20(18-25)8-10-21/h4-10,17,26H,2-3,11-16H2,1H3. The van der Waals surface area contributed by atoms with Crippen molar-refractivity contribution in [3.05, 3.63) is 59.7 Å². The largest absolute Gasteiger partial charge is 0.371 e. The molecule has 4 rings (SSSR count). The molecule has 0 spiro atoms. The highest BCUT2D eigenvalue weighted by molar-refractivity contribution is 5.90. The molecule has 1 aliphatic heterocycles. The third kappa shape index (κ3) is 4.07. The lowest BCUT2D eigenvalue weighted by Crippen LogP contribution is -2.57. The summed E-state index contributed by atoms with van der Waals surface area (Å²) >= 11 is 0. The van der Waals surface area contributed by atoms with Crippen molar-refractivity contribution >= 4 is 17.3 Å². The Kier molecular flexibility index (Phi) is 5.44. The Morgan fingerprint density at radius 2 is 1.72 bits per heavy atom. The first-order valence-electron chi connectivity index (χ1n) is 10.5. The van der Waals surface area contributed by atoms with Gasteiger partial charge in [0.05, 0.1) is 11.6 Å². The van der Waals surface area contributed by atoms with E-state index < -0.39 is 5.54 Å². The van der Waals surface area contributed by atoms with E-state index in [1.54, 1.807) is 12.1 Å². The zero-order valence-electron chi connectivity index (χ0n) is 17.0. The average molecular weight is 389 g/mol. The number of nitrogens with one attached hydrogen (secondary N) is 1. The molecule has 0 unspecified atom stereocenters. The second-order valence-electron chi connectivity index (χ2n) is 8.22. The number of hydrogen-bond acceptors (Lipinski definition) is 4. The van der Waals surface area contributed by atoms with E-state index in [4.69, 9.17) is 5.26 Å². The number of anilines is 2. The molecule has 1 saturated heterocycles. The molecule has 1 aliphatic carbocycles. The van der Waals surface area contributed by atoms with Crippen LogP contribution in [0.1, 0.15) is 36.8 Å². The number of benzene rings is 2. The molecular weight excluding hydrogens is 360 g/mol. The van der Waals surface area contributed by atoms with Crippen LogP contribution in [-0.4, -0.2) is 42.5 Å². The van der Waals surface area contributed by atoms with Crippen molar-refractivity contribution in [1.82, 2.24) is 4.90 Å². The molecule has 1 heterocycles. The maximum absolute atomic E-state index is 13.5. The minimum atomic E-state index is -0.514. The second-order valence-corrected chi connectivity index (χ2v) is 8.22. The molecule has 1 amide bonds. The van der Waals surface area contributed by atoms with E-state index in [0.29, 0.717) is 5.56 Å². The molecule has 2 aliphatic rings. The van der Waals surface area contributed by atoms with Crippen LogP contribution in [0.3, 0.4) is 0 Å². The minimum absolute atomic E-state index is 0.225. The van der Waals surface area contributed by atoms with E-state index in [0.717, 1.165) is 57.5 Å². The molecule has 0 aromatic heterocycles. The first-order valence-corrected chi connectivity index (χ1v) is 10.5. The monoisotopic (exact) mass is 388 g/mol. The van der Waals surface area contributed by atoms with Crippen molar-refractivity contribution in [2.24, 2.45) is 0 Å². The molecule has 0 bridgehead atoms. The molecule has 1 N–H and O–H groups in total. The van der Waals surface area contributed by atoms with Gasteiger partial charge in [-0.05, 0) is 61.7 Å². The zero-order valence-corrected chi connectivity index (χ0v) is 17.0. The van der Waals surface area contributed by atoms with Crippen LogP contribution in [-0.2, 0) is 4.79 Å². The molecule has 0 atom stereocenters. The van der Waals surface area contributed by atoms with Crippen molar-refractivity contribution in [2.75, 3.05) is 36.4 Å². The number of amides is 1. The van der Waals surface area contributed by atoms with Crippen molar-refractivity contribution < 1.29 is 4.79 Å². The number of aryl methyl sites for hydroxylation is 1. The highest BCUT2D eigenvalue weighted by Crippen LogP contribution is 2.35. The maximum atomic E-state index is 13.5. The lowest BCUT2D eigenvalue weighted by Gasteiger charge is -2.41. The van der Waals surface area contributed by atoms with E-state index in [9.17, 15) is 4.79 Å². The van der Waals surface area contributed by atoms with Crippen LogP contribution in [0.25, 0.3) is 0 Å². The van der Waals surface area contributed by atoms with Gasteiger partial charge in [-0.3, -0.25) is 4.79 Å². The predicted molar refractivity (Wildman–Crippen MR) is 116 cm³/mol. The first kappa shape index (κ1) is 19.3. The Morgan fingerprint density at radius 3 is 2.34 bits per heavy atom. The lowest BCUT2D eigenvalue weighted by atomic mass is 9.94. The highest BCUT2D eigenvalue weighted by Gasteiger charge is 2.44. The van der Waals surface area contributed by atoms with Gasteiger partial charge in [-0.15, -0.1) is 0 Å². The maximum Gasteiger partial charge on any atom is 0.248 e. The van der Waals surface area contributed by atoms with Gasteiger partial charge in [0.25, 0.3) is 0 Å². The molecule has 5 heteroatoms. The highest BCUT2D eigenvalue weighted by atomic mass is 16.2. The molecule has 150 valence electrons. The quantitative estimate of drug-likeness (QED) is 0.862. The fourth-order valence-electron chi connectivity index (χ4n) is 4.57. The average Bonchev–Trinajstić information content (AvgIpc) is 3.23. The summed E-state index contributed by atoms with van der Waals surface area (Å²) < 4.78 is 0. The van der Waals surface area contributed by atoms with Crippen molar-refractivity contribution in [3.63, 3.8) is 0 Å². The second kappa shape index (κ2) is 8.16. The van der Waals surface area contributed by atoms with Crippen LogP contribution in [0.5, 0.6) is 0 Å². The number of carbonyl (C=O) groups excluding carboxylic acids is 1.